The number of anilines is 2. The lowest BCUT2D eigenvalue weighted by atomic mass is 10.0. The molecule has 1 aliphatic rings. The monoisotopic (exact) mass is 445 g/mol. The first-order valence-corrected chi connectivity index (χ1v) is 12.3. The van der Waals surface area contributed by atoms with Crippen LogP contribution in [0.4, 0.5) is 11.4 Å². The van der Waals surface area contributed by atoms with Crippen LogP contribution in [-0.2, 0) is 14.8 Å². The van der Waals surface area contributed by atoms with Gasteiger partial charge in [-0.25, -0.2) is 8.42 Å². The van der Waals surface area contributed by atoms with Crippen molar-refractivity contribution in [3.05, 3.63) is 54.1 Å². The largest absolute Gasteiger partial charge is 0.495 e. The van der Waals surface area contributed by atoms with Gasteiger partial charge in [-0.15, -0.1) is 0 Å². The van der Waals surface area contributed by atoms with Gasteiger partial charge in [-0.2, -0.15) is 0 Å². The van der Waals surface area contributed by atoms with E-state index in [1.165, 1.54) is 4.31 Å². The molecule has 1 amide bonds. The van der Waals surface area contributed by atoms with Gasteiger partial charge in [0.25, 0.3) is 0 Å². The molecule has 2 aromatic carbocycles. The van der Waals surface area contributed by atoms with Gasteiger partial charge in [-0.05, 0) is 35.7 Å². The van der Waals surface area contributed by atoms with Crippen LogP contribution in [0.25, 0.3) is 0 Å². The Morgan fingerprint density at radius 3 is 2.19 bits per heavy atom. The zero-order valence-corrected chi connectivity index (χ0v) is 19.4. The first kappa shape index (κ1) is 22.9. The predicted octanol–water partition coefficient (Wildman–Crippen LogP) is 2.93. The Hall–Kier alpha value is -2.74. The third-order valence-corrected chi connectivity index (χ3v) is 6.73. The Balaban J connectivity index is 1.68. The van der Waals surface area contributed by atoms with Gasteiger partial charge in [0.1, 0.15) is 12.3 Å². The van der Waals surface area contributed by atoms with Crippen molar-refractivity contribution in [3.63, 3.8) is 0 Å². The fraction of sp³-hybridized carbons (Fsp3) is 0.435. The summed E-state index contributed by atoms with van der Waals surface area (Å²) in [5.74, 6) is 0.954. The molecular weight excluding hydrogens is 414 g/mol. The number of benzene rings is 2. The van der Waals surface area contributed by atoms with Gasteiger partial charge in [0.05, 0.1) is 24.7 Å². The van der Waals surface area contributed by atoms with Crippen molar-refractivity contribution in [2.75, 3.05) is 55.3 Å². The molecule has 0 spiro atoms. The maximum absolute atomic E-state index is 12.9. The van der Waals surface area contributed by atoms with Crippen LogP contribution in [0.15, 0.2) is 48.5 Å². The van der Waals surface area contributed by atoms with Gasteiger partial charge >= 0.3 is 0 Å². The molecule has 8 heteroatoms. The highest BCUT2D eigenvalue weighted by atomic mass is 32.2. The lowest BCUT2D eigenvalue weighted by Gasteiger charge is -2.37. The van der Waals surface area contributed by atoms with Crippen LogP contribution in [-0.4, -0.2) is 65.3 Å². The quantitative estimate of drug-likeness (QED) is 0.655. The van der Waals surface area contributed by atoms with Gasteiger partial charge in [-0.3, -0.25) is 9.10 Å². The van der Waals surface area contributed by atoms with E-state index in [4.69, 9.17) is 4.74 Å². The number of nitrogens with zero attached hydrogens (tertiary/aromatic N) is 3. The van der Waals surface area contributed by atoms with Crippen LogP contribution in [0.2, 0.25) is 0 Å². The maximum atomic E-state index is 12.9. The van der Waals surface area contributed by atoms with E-state index in [9.17, 15) is 13.2 Å². The molecule has 1 saturated heterocycles. The number of hydrogen-bond acceptors (Lipinski definition) is 5. The molecule has 2 aromatic rings. The van der Waals surface area contributed by atoms with Crippen molar-refractivity contribution in [3.8, 4) is 5.75 Å². The molecule has 1 heterocycles. The van der Waals surface area contributed by atoms with Crippen molar-refractivity contribution < 1.29 is 17.9 Å². The molecular formula is C23H31N3O4S. The summed E-state index contributed by atoms with van der Waals surface area (Å²) < 4.78 is 31.4. The molecule has 0 radical (unpaired) electrons. The molecule has 7 nitrogen and oxygen atoms in total. The summed E-state index contributed by atoms with van der Waals surface area (Å²) in [5, 5.41) is 0. The molecule has 0 N–H and O–H groups in total. The number of sulfonamides is 1. The number of carbonyl (C=O) groups is 1. The summed E-state index contributed by atoms with van der Waals surface area (Å²) in [5.41, 5.74) is 2.63. The van der Waals surface area contributed by atoms with Gasteiger partial charge in [0, 0.05) is 26.2 Å². The molecule has 0 aliphatic carbocycles. The minimum absolute atomic E-state index is 0.196. The number of para-hydroxylation sites is 2. The summed E-state index contributed by atoms with van der Waals surface area (Å²) >= 11 is 0. The molecule has 1 aliphatic heterocycles. The Kier molecular flexibility index (Phi) is 7.10. The SMILES string of the molecule is COc1ccccc1N1CCN(C(=O)CN(c2ccc(C(C)C)cc2)S(C)(=O)=O)CC1. The molecule has 0 atom stereocenters. The van der Waals surface area contributed by atoms with E-state index in [2.05, 4.69) is 18.7 Å². The highest BCUT2D eigenvalue weighted by Crippen LogP contribution is 2.28. The third-order valence-electron chi connectivity index (χ3n) is 5.59. The normalized spacial score (nSPS) is 14.6. The number of carbonyl (C=O) groups excluding carboxylic acids is 1. The van der Waals surface area contributed by atoms with E-state index in [1.54, 1.807) is 24.1 Å². The summed E-state index contributed by atoms with van der Waals surface area (Å²) in [6.07, 6.45) is 1.14. The standard InChI is InChI=1S/C23H31N3O4S/c1-18(2)19-9-11-20(12-10-19)26(31(4,28)29)17-23(27)25-15-13-24(14-16-25)21-7-5-6-8-22(21)30-3/h5-12,18H,13-17H2,1-4H3. The van der Waals surface area contributed by atoms with Gasteiger partial charge < -0.3 is 14.5 Å². The van der Waals surface area contributed by atoms with E-state index >= 15 is 0 Å². The second kappa shape index (κ2) is 9.60. The number of ether oxygens (including phenoxy) is 1. The van der Waals surface area contributed by atoms with E-state index in [1.807, 2.05) is 36.4 Å². The van der Waals surface area contributed by atoms with Crippen LogP contribution >= 0.6 is 0 Å². The topological polar surface area (TPSA) is 70.2 Å². The Labute approximate surface area is 185 Å². The van der Waals surface area contributed by atoms with E-state index < -0.39 is 10.0 Å². The zero-order chi connectivity index (χ0) is 22.6. The van der Waals surface area contributed by atoms with Gasteiger partial charge in [-0.1, -0.05) is 38.1 Å². The number of hydrogen-bond donors (Lipinski definition) is 0. The van der Waals surface area contributed by atoms with Crippen molar-refractivity contribution in [2.24, 2.45) is 0 Å². The molecule has 0 unspecified atom stereocenters. The predicted molar refractivity (Wildman–Crippen MR) is 125 cm³/mol. The van der Waals surface area contributed by atoms with Crippen LogP contribution in [0.3, 0.4) is 0 Å². The van der Waals surface area contributed by atoms with Crippen molar-refractivity contribution in [1.82, 2.24) is 4.90 Å². The van der Waals surface area contributed by atoms with Gasteiger partial charge in [0.15, 0.2) is 0 Å². The Bertz CT molecular complexity index is 998. The summed E-state index contributed by atoms with van der Waals surface area (Å²) in [7, 11) is -1.94. The highest BCUT2D eigenvalue weighted by Gasteiger charge is 2.27. The molecule has 0 bridgehead atoms. The number of methoxy groups -OCH3 is 1. The van der Waals surface area contributed by atoms with E-state index in [0.717, 1.165) is 23.3 Å². The van der Waals surface area contributed by atoms with Crippen molar-refractivity contribution >= 4 is 27.3 Å². The fourth-order valence-corrected chi connectivity index (χ4v) is 4.59. The zero-order valence-electron chi connectivity index (χ0n) is 18.6. The van der Waals surface area contributed by atoms with Crippen LogP contribution in [0.1, 0.15) is 25.3 Å². The number of amides is 1. The smallest absolute Gasteiger partial charge is 0.243 e. The van der Waals surface area contributed by atoms with Crippen molar-refractivity contribution in [2.45, 2.75) is 19.8 Å². The number of rotatable bonds is 7. The third kappa shape index (κ3) is 5.50. The highest BCUT2D eigenvalue weighted by molar-refractivity contribution is 7.92. The molecule has 0 aromatic heterocycles. The first-order chi connectivity index (χ1) is 14.7. The average Bonchev–Trinajstić information content (AvgIpc) is 2.76. The molecule has 168 valence electrons. The lowest BCUT2D eigenvalue weighted by molar-refractivity contribution is -0.129. The fourth-order valence-electron chi connectivity index (χ4n) is 3.74. The van der Waals surface area contributed by atoms with Gasteiger partial charge in [0.2, 0.25) is 15.9 Å². The summed E-state index contributed by atoms with van der Waals surface area (Å²) in [4.78, 5) is 16.9. The first-order valence-electron chi connectivity index (χ1n) is 10.4. The molecule has 0 saturated carbocycles. The summed E-state index contributed by atoms with van der Waals surface area (Å²) in [6.45, 7) is 6.34. The Morgan fingerprint density at radius 2 is 1.65 bits per heavy atom. The minimum Gasteiger partial charge on any atom is -0.495 e. The maximum Gasteiger partial charge on any atom is 0.243 e. The minimum atomic E-state index is -3.59. The molecule has 3 rings (SSSR count). The van der Waals surface area contributed by atoms with E-state index in [0.29, 0.717) is 37.8 Å². The van der Waals surface area contributed by atoms with Crippen LogP contribution < -0.4 is 13.9 Å². The molecule has 1 fully saturated rings. The van der Waals surface area contributed by atoms with E-state index in [-0.39, 0.29) is 12.5 Å². The summed E-state index contributed by atoms with van der Waals surface area (Å²) in [6, 6.07) is 15.2. The second-order valence-corrected chi connectivity index (χ2v) is 9.96. The second-order valence-electron chi connectivity index (χ2n) is 8.06. The average molecular weight is 446 g/mol. The number of piperazine rings is 1. The van der Waals surface area contributed by atoms with Crippen LogP contribution in [0.5, 0.6) is 5.75 Å². The van der Waals surface area contributed by atoms with Crippen molar-refractivity contribution in [1.29, 1.82) is 0 Å². The molecule has 31 heavy (non-hydrogen) atoms. The Morgan fingerprint density at radius 1 is 1.03 bits per heavy atom. The van der Waals surface area contributed by atoms with Crippen LogP contribution in [0, 0.1) is 0 Å². The lowest BCUT2D eigenvalue weighted by Crippen LogP contribution is -2.52.